The molecule has 0 saturated heterocycles. The normalized spacial score (nSPS) is 11.7. The van der Waals surface area contributed by atoms with Gasteiger partial charge in [0.2, 0.25) is 0 Å². The Hall–Kier alpha value is -0.120. The van der Waals surface area contributed by atoms with E-state index in [1.54, 1.807) is 0 Å². The highest BCUT2D eigenvalue weighted by atomic mass is 15.1. The van der Waals surface area contributed by atoms with E-state index in [4.69, 9.17) is 0 Å². The summed E-state index contributed by atoms with van der Waals surface area (Å²) in [6, 6.07) is 0. The third-order valence-corrected chi connectivity index (χ3v) is 3.69. The van der Waals surface area contributed by atoms with Gasteiger partial charge in [-0.05, 0) is 71.6 Å². The van der Waals surface area contributed by atoms with E-state index < -0.39 is 0 Å². The minimum Gasteiger partial charge on any atom is -0.317 e. The number of unbranched alkanes of at least 4 members (excludes halogenated alkanes) is 1. The molecule has 0 amide bonds. The monoisotopic (exact) mass is 257 g/mol. The molecule has 0 atom stereocenters. The van der Waals surface area contributed by atoms with Crippen molar-refractivity contribution in [3.8, 4) is 0 Å². The van der Waals surface area contributed by atoms with Crippen LogP contribution in [0.15, 0.2) is 0 Å². The second-order valence-electron chi connectivity index (χ2n) is 4.86. The van der Waals surface area contributed by atoms with E-state index >= 15 is 0 Å². The summed E-state index contributed by atoms with van der Waals surface area (Å²) < 4.78 is 0. The van der Waals surface area contributed by atoms with Crippen LogP contribution in [-0.4, -0.2) is 62.2 Å². The van der Waals surface area contributed by atoms with Gasteiger partial charge in [0.25, 0.3) is 0 Å². The molecular weight excluding hydrogens is 222 g/mol. The fraction of sp³-hybridized carbons (Fsp3) is 1.00. The van der Waals surface area contributed by atoms with Gasteiger partial charge in [-0.25, -0.2) is 0 Å². The number of hydrogen-bond acceptors (Lipinski definition) is 3. The van der Waals surface area contributed by atoms with Crippen LogP contribution in [-0.2, 0) is 0 Å². The van der Waals surface area contributed by atoms with Crippen LogP contribution in [0.4, 0.5) is 0 Å². The van der Waals surface area contributed by atoms with Gasteiger partial charge in [-0.2, -0.15) is 0 Å². The summed E-state index contributed by atoms with van der Waals surface area (Å²) >= 11 is 0. The fourth-order valence-corrected chi connectivity index (χ4v) is 2.22. The van der Waals surface area contributed by atoms with Crippen molar-refractivity contribution >= 4 is 0 Å². The Balaban J connectivity index is 3.21. The second kappa shape index (κ2) is 13.3. The third kappa shape index (κ3) is 9.86. The quantitative estimate of drug-likeness (QED) is 0.511. The van der Waals surface area contributed by atoms with Gasteiger partial charge < -0.3 is 15.1 Å². The van der Waals surface area contributed by atoms with Crippen molar-refractivity contribution in [2.75, 3.05) is 52.4 Å². The molecule has 3 nitrogen and oxygen atoms in total. The van der Waals surface area contributed by atoms with Gasteiger partial charge >= 0.3 is 0 Å². The molecule has 0 aliphatic rings. The zero-order chi connectivity index (χ0) is 13.6. The highest BCUT2D eigenvalue weighted by Gasteiger charge is 1.99. The fourth-order valence-electron chi connectivity index (χ4n) is 2.22. The zero-order valence-electron chi connectivity index (χ0n) is 13.2. The van der Waals surface area contributed by atoms with Gasteiger partial charge in [-0.1, -0.05) is 27.7 Å². The minimum atomic E-state index is 1.17. The Morgan fingerprint density at radius 3 is 1.56 bits per heavy atom. The molecule has 0 aromatic carbocycles. The lowest BCUT2D eigenvalue weighted by Crippen LogP contribution is -2.28. The van der Waals surface area contributed by atoms with Crippen molar-refractivity contribution in [1.82, 2.24) is 15.1 Å². The molecule has 0 fully saturated rings. The number of hydrogen-bond donors (Lipinski definition) is 1. The van der Waals surface area contributed by atoms with Crippen LogP contribution >= 0.6 is 0 Å². The van der Waals surface area contributed by atoms with Gasteiger partial charge in [0.15, 0.2) is 0 Å². The lowest BCUT2D eigenvalue weighted by atomic mass is 10.3. The molecule has 0 spiro atoms. The summed E-state index contributed by atoms with van der Waals surface area (Å²) in [5.74, 6) is 0. The van der Waals surface area contributed by atoms with Crippen LogP contribution in [0, 0.1) is 0 Å². The predicted molar refractivity (Wildman–Crippen MR) is 82.3 cm³/mol. The molecule has 3 heteroatoms. The zero-order valence-corrected chi connectivity index (χ0v) is 13.2. The molecule has 0 aromatic heterocycles. The van der Waals surface area contributed by atoms with E-state index in [0.29, 0.717) is 0 Å². The first kappa shape index (κ1) is 17.9. The maximum atomic E-state index is 3.55. The summed E-state index contributed by atoms with van der Waals surface area (Å²) in [6.07, 6.45) is 3.91. The summed E-state index contributed by atoms with van der Waals surface area (Å²) in [5, 5.41) is 3.55. The molecule has 0 aliphatic heterocycles. The minimum absolute atomic E-state index is 1.17. The number of rotatable bonds is 13. The molecule has 0 unspecified atom stereocenters. The highest BCUT2D eigenvalue weighted by molar-refractivity contribution is 4.57. The standard InChI is InChI=1S/C15H35N3/c1-5-17(6-2)14-10-9-12-16-13-11-15-18(7-3)8-4/h16H,5-15H2,1-4H3. The molecule has 18 heavy (non-hydrogen) atoms. The highest BCUT2D eigenvalue weighted by Crippen LogP contribution is 1.94. The summed E-state index contributed by atoms with van der Waals surface area (Å²) in [5.41, 5.74) is 0. The van der Waals surface area contributed by atoms with Crippen molar-refractivity contribution in [2.24, 2.45) is 0 Å². The van der Waals surface area contributed by atoms with Crippen molar-refractivity contribution in [3.05, 3.63) is 0 Å². The molecule has 0 bridgehead atoms. The van der Waals surface area contributed by atoms with Crippen LogP contribution in [0.3, 0.4) is 0 Å². The van der Waals surface area contributed by atoms with E-state index in [-0.39, 0.29) is 0 Å². The van der Waals surface area contributed by atoms with Crippen LogP contribution in [0.5, 0.6) is 0 Å². The molecule has 0 aliphatic carbocycles. The van der Waals surface area contributed by atoms with Crippen molar-refractivity contribution in [3.63, 3.8) is 0 Å². The van der Waals surface area contributed by atoms with Crippen LogP contribution < -0.4 is 5.32 Å². The maximum absolute atomic E-state index is 3.55. The first-order chi connectivity index (χ1) is 8.78. The Bertz CT molecular complexity index is 136. The van der Waals surface area contributed by atoms with Crippen LogP contribution in [0.1, 0.15) is 47.0 Å². The van der Waals surface area contributed by atoms with E-state index in [1.807, 2.05) is 0 Å². The Morgan fingerprint density at radius 2 is 1.06 bits per heavy atom. The van der Waals surface area contributed by atoms with Gasteiger partial charge in [0, 0.05) is 0 Å². The van der Waals surface area contributed by atoms with Gasteiger partial charge in [0.1, 0.15) is 0 Å². The largest absolute Gasteiger partial charge is 0.317 e. The molecule has 1 N–H and O–H groups in total. The smallest absolute Gasteiger partial charge is 0.000687 e. The molecule has 0 saturated carbocycles. The SMILES string of the molecule is CCN(CC)CCCCNCCCN(CC)CC. The van der Waals surface area contributed by atoms with Crippen molar-refractivity contribution < 1.29 is 0 Å². The van der Waals surface area contributed by atoms with Gasteiger partial charge in [-0.15, -0.1) is 0 Å². The predicted octanol–water partition coefficient (Wildman–Crippen LogP) is 2.43. The number of nitrogens with zero attached hydrogens (tertiary/aromatic N) is 2. The average molecular weight is 257 g/mol. The lowest BCUT2D eigenvalue weighted by molar-refractivity contribution is 0.292. The van der Waals surface area contributed by atoms with E-state index in [2.05, 4.69) is 42.8 Å². The number of nitrogens with one attached hydrogen (secondary N) is 1. The van der Waals surface area contributed by atoms with Gasteiger partial charge in [0.05, 0.1) is 0 Å². The van der Waals surface area contributed by atoms with Crippen molar-refractivity contribution in [2.45, 2.75) is 47.0 Å². The summed E-state index contributed by atoms with van der Waals surface area (Å²) in [7, 11) is 0. The first-order valence-corrected chi connectivity index (χ1v) is 7.93. The van der Waals surface area contributed by atoms with Crippen molar-refractivity contribution in [1.29, 1.82) is 0 Å². The molecule has 110 valence electrons. The first-order valence-electron chi connectivity index (χ1n) is 7.93. The molecule has 0 radical (unpaired) electrons. The molecular formula is C15H35N3. The Labute approximate surface area is 115 Å². The molecule has 0 heterocycles. The second-order valence-corrected chi connectivity index (χ2v) is 4.86. The molecule has 0 aromatic rings. The average Bonchev–Trinajstić information content (AvgIpc) is 2.41. The van der Waals surface area contributed by atoms with Crippen LogP contribution in [0.2, 0.25) is 0 Å². The van der Waals surface area contributed by atoms with E-state index in [9.17, 15) is 0 Å². The summed E-state index contributed by atoms with van der Waals surface area (Å²) in [6.45, 7) is 18.6. The molecule has 0 rings (SSSR count). The topological polar surface area (TPSA) is 18.5 Å². The van der Waals surface area contributed by atoms with Crippen LogP contribution in [0.25, 0.3) is 0 Å². The Morgan fingerprint density at radius 1 is 0.611 bits per heavy atom. The lowest BCUT2D eigenvalue weighted by Gasteiger charge is -2.18. The van der Waals surface area contributed by atoms with E-state index in [1.165, 1.54) is 71.6 Å². The Kier molecular flexibility index (Phi) is 13.2. The van der Waals surface area contributed by atoms with E-state index in [0.717, 1.165) is 0 Å². The summed E-state index contributed by atoms with van der Waals surface area (Å²) in [4.78, 5) is 4.99. The third-order valence-electron chi connectivity index (χ3n) is 3.69. The maximum Gasteiger partial charge on any atom is -0.000687 e. The van der Waals surface area contributed by atoms with Gasteiger partial charge in [-0.3, -0.25) is 0 Å².